The number of ether oxygens (including phenoxy) is 3. The van der Waals surface area contributed by atoms with Crippen molar-refractivity contribution in [1.29, 1.82) is 0 Å². The van der Waals surface area contributed by atoms with Crippen LogP contribution in [-0.2, 0) is 36.8 Å². The maximum atomic E-state index is 14.4. The van der Waals surface area contributed by atoms with Gasteiger partial charge in [-0.2, -0.15) is 13.2 Å². The molecule has 3 aliphatic heterocycles. The molecule has 3 N–H and O–H groups in total. The molecule has 11 nitrogen and oxygen atoms in total. The average molecular weight is 703 g/mol. The minimum atomic E-state index is -4.55. The third-order valence-electron chi connectivity index (χ3n) is 9.57. The van der Waals surface area contributed by atoms with Crippen LogP contribution in [0, 0.1) is 5.41 Å². The highest BCUT2D eigenvalue weighted by atomic mass is 19.4. The van der Waals surface area contributed by atoms with Crippen LogP contribution in [0.1, 0.15) is 58.2 Å². The molecule has 0 saturated carbocycles. The molecule has 4 atom stereocenters. The number of carbonyl (C=O) groups excluding carboxylic acids is 2. The largest absolute Gasteiger partial charge is 0.464 e. The molecular weight excluding hydrogens is 653 g/mol. The number of halogens is 3. The molecule has 50 heavy (non-hydrogen) atoms. The standard InChI is InChI=1S/C36H49F3N6O5/c1-7-25(31(41-8-2)22(3)48-6)32-27-18-35(4,5)21-50-34(47)29-10-9-13-45(42-29)33(46)28(40)17-24-19-43(14-15-49-24)23-11-12-30(26(27)16-23)44(32)20-36(37,38)39/h7-8,11-12,16,22,24,28-29,42H,1,9-10,13-15,17-21,40H2,2-6H3/b31-25+,41-8-/t22-,24-,28-,29-/m0/s1. The maximum Gasteiger partial charge on any atom is 0.406 e. The molecule has 1 amide bonds. The van der Waals surface area contributed by atoms with Gasteiger partial charge in [0.1, 0.15) is 12.6 Å². The van der Waals surface area contributed by atoms with E-state index in [1.807, 2.05) is 26.0 Å². The van der Waals surface area contributed by atoms with Crippen molar-refractivity contribution in [3.63, 3.8) is 0 Å². The number of nitrogens with two attached hydrogens (primary N) is 1. The highest BCUT2D eigenvalue weighted by Gasteiger charge is 2.37. The highest BCUT2D eigenvalue weighted by Crippen LogP contribution is 2.41. The number of esters is 1. The molecule has 1 aromatic heterocycles. The van der Waals surface area contributed by atoms with Crippen LogP contribution in [0.4, 0.5) is 18.9 Å². The molecule has 6 bridgehead atoms. The number of anilines is 1. The third kappa shape index (κ3) is 8.25. The van der Waals surface area contributed by atoms with Gasteiger partial charge in [-0.1, -0.05) is 26.5 Å². The zero-order valence-corrected chi connectivity index (χ0v) is 29.5. The number of hydrazine groups is 1. The van der Waals surface area contributed by atoms with Crippen LogP contribution in [0.15, 0.2) is 41.5 Å². The summed E-state index contributed by atoms with van der Waals surface area (Å²) in [6.45, 7) is 11.9. The number of fused-ring (bicyclic) bond motifs is 6. The molecule has 0 unspecified atom stereocenters. The number of aromatic nitrogens is 1. The highest BCUT2D eigenvalue weighted by molar-refractivity contribution is 5.95. The lowest BCUT2D eigenvalue weighted by Crippen LogP contribution is -2.59. The summed E-state index contributed by atoms with van der Waals surface area (Å²) in [6.07, 6.45) is -0.788. The number of carbonyl (C=O) groups is 2. The molecule has 2 aromatic rings. The molecule has 2 fully saturated rings. The van der Waals surface area contributed by atoms with E-state index in [4.69, 9.17) is 19.9 Å². The summed E-state index contributed by atoms with van der Waals surface area (Å²) in [5, 5.41) is 2.04. The van der Waals surface area contributed by atoms with Crippen LogP contribution in [0.5, 0.6) is 0 Å². The van der Waals surface area contributed by atoms with E-state index in [1.54, 1.807) is 26.1 Å². The molecule has 0 radical (unpaired) electrons. The van der Waals surface area contributed by atoms with Crippen molar-refractivity contribution in [2.45, 2.75) is 90.4 Å². The number of hydrogen-bond donors (Lipinski definition) is 2. The minimum Gasteiger partial charge on any atom is -0.464 e. The van der Waals surface area contributed by atoms with Gasteiger partial charge in [0.2, 0.25) is 0 Å². The fourth-order valence-electron chi connectivity index (χ4n) is 7.10. The molecule has 4 heterocycles. The van der Waals surface area contributed by atoms with E-state index in [1.165, 1.54) is 22.8 Å². The molecule has 2 saturated heterocycles. The lowest BCUT2D eigenvalue weighted by Gasteiger charge is -2.37. The van der Waals surface area contributed by atoms with Gasteiger partial charge in [-0.25, -0.2) is 5.43 Å². The van der Waals surface area contributed by atoms with E-state index < -0.39 is 42.3 Å². The van der Waals surface area contributed by atoms with Gasteiger partial charge in [-0.3, -0.25) is 19.6 Å². The smallest absolute Gasteiger partial charge is 0.406 e. The van der Waals surface area contributed by atoms with E-state index >= 15 is 0 Å². The van der Waals surface area contributed by atoms with Gasteiger partial charge in [-0.05, 0) is 63.3 Å². The van der Waals surface area contributed by atoms with Gasteiger partial charge in [0, 0.05) is 60.5 Å². The summed E-state index contributed by atoms with van der Waals surface area (Å²) in [7, 11) is 1.52. The van der Waals surface area contributed by atoms with E-state index in [2.05, 4.69) is 21.9 Å². The first-order chi connectivity index (χ1) is 23.7. The minimum absolute atomic E-state index is 0.0186. The van der Waals surface area contributed by atoms with Gasteiger partial charge >= 0.3 is 12.1 Å². The van der Waals surface area contributed by atoms with Crippen molar-refractivity contribution in [3.8, 4) is 0 Å². The number of allylic oxidation sites excluding steroid dienone is 2. The topological polar surface area (TPSA) is 124 Å². The molecule has 0 spiro atoms. The first kappa shape index (κ1) is 37.5. The Bertz CT molecular complexity index is 1650. The number of rotatable bonds is 6. The monoisotopic (exact) mass is 702 g/mol. The molecule has 14 heteroatoms. The molecule has 0 aliphatic carbocycles. The van der Waals surface area contributed by atoms with Crippen LogP contribution in [0.25, 0.3) is 16.5 Å². The lowest BCUT2D eigenvalue weighted by atomic mass is 9.84. The summed E-state index contributed by atoms with van der Waals surface area (Å²) < 4.78 is 62.1. The summed E-state index contributed by atoms with van der Waals surface area (Å²) >= 11 is 0. The van der Waals surface area contributed by atoms with Crippen molar-refractivity contribution in [2.24, 2.45) is 16.1 Å². The first-order valence-corrected chi connectivity index (χ1v) is 17.1. The van der Waals surface area contributed by atoms with Crippen molar-refractivity contribution >= 4 is 40.3 Å². The number of methoxy groups -OCH3 is 1. The number of cyclic esters (lactones) is 1. The van der Waals surface area contributed by atoms with Crippen molar-refractivity contribution in [1.82, 2.24) is 15.0 Å². The predicted molar refractivity (Wildman–Crippen MR) is 187 cm³/mol. The van der Waals surface area contributed by atoms with Crippen molar-refractivity contribution < 1.29 is 37.0 Å². The molecule has 5 rings (SSSR count). The number of nitrogens with zero attached hydrogens (tertiary/aromatic N) is 4. The quantitative estimate of drug-likeness (QED) is 0.251. The number of alkyl halides is 3. The van der Waals surface area contributed by atoms with Crippen LogP contribution < -0.4 is 16.1 Å². The lowest BCUT2D eigenvalue weighted by molar-refractivity contribution is -0.155. The Morgan fingerprint density at radius 3 is 2.72 bits per heavy atom. The average Bonchev–Trinajstić information content (AvgIpc) is 3.35. The number of hydrogen-bond acceptors (Lipinski definition) is 9. The Morgan fingerprint density at radius 2 is 2.04 bits per heavy atom. The SMILES string of the molecule is C=C/C(=C(\N=C/C)[C@H](C)OC)c1c2c3cc(ccc3n1CC(F)(F)F)N1CCO[C@@H](C[C@H](N)C(=O)N3CCC[C@H](N3)C(=O)OCC(C)(C)C2)C1. The second-order valence-corrected chi connectivity index (χ2v) is 14.0. The van der Waals surface area contributed by atoms with Crippen LogP contribution in [0.3, 0.4) is 0 Å². The van der Waals surface area contributed by atoms with E-state index in [-0.39, 0.29) is 31.5 Å². The van der Waals surface area contributed by atoms with Gasteiger partial charge in [0.25, 0.3) is 5.91 Å². The summed E-state index contributed by atoms with van der Waals surface area (Å²) in [5.74, 6) is -0.839. The third-order valence-corrected chi connectivity index (χ3v) is 9.57. The Kier molecular flexibility index (Phi) is 11.5. The number of nitrogens with one attached hydrogen (secondary N) is 1. The molecule has 274 valence electrons. The molecule has 3 aliphatic rings. The first-order valence-electron chi connectivity index (χ1n) is 17.1. The predicted octanol–water partition coefficient (Wildman–Crippen LogP) is 4.77. The van der Waals surface area contributed by atoms with E-state index in [9.17, 15) is 22.8 Å². The normalized spacial score (nSPS) is 24.9. The Balaban J connectivity index is 1.74. The summed E-state index contributed by atoms with van der Waals surface area (Å²) in [6, 6.07) is 3.84. The zero-order valence-electron chi connectivity index (χ0n) is 29.5. The Morgan fingerprint density at radius 1 is 1.28 bits per heavy atom. The Hall–Kier alpha value is -3.72. The van der Waals surface area contributed by atoms with Crippen LogP contribution >= 0.6 is 0 Å². The second-order valence-electron chi connectivity index (χ2n) is 14.0. The molecular formula is C36H49F3N6O5. The number of morpholine rings is 1. The zero-order chi connectivity index (χ0) is 36.4. The fraction of sp³-hybridized carbons (Fsp3) is 0.583. The van der Waals surface area contributed by atoms with Gasteiger partial charge in [-0.15, -0.1) is 0 Å². The summed E-state index contributed by atoms with van der Waals surface area (Å²) in [5.41, 5.74) is 11.7. The molecule has 1 aromatic carbocycles. The number of benzene rings is 1. The Labute approximate surface area is 291 Å². The summed E-state index contributed by atoms with van der Waals surface area (Å²) in [4.78, 5) is 33.4. The van der Waals surface area contributed by atoms with Gasteiger partial charge in [0.15, 0.2) is 0 Å². The maximum absolute atomic E-state index is 14.4. The fourth-order valence-corrected chi connectivity index (χ4v) is 7.10. The second kappa shape index (κ2) is 15.3. The number of aliphatic imine (C=N–C) groups is 1. The van der Waals surface area contributed by atoms with Crippen LogP contribution in [0.2, 0.25) is 0 Å². The van der Waals surface area contributed by atoms with Crippen LogP contribution in [-0.4, -0.2) is 98.1 Å². The van der Waals surface area contributed by atoms with Gasteiger partial charge in [0.05, 0.1) is 42.9 Å². The van der Waals surface area contributed by atoms with Crippen molar-refractivity contribution in [2.75, 3.05) is 44.9 Å². The van der Waals surface area contributed by atoms with Crippen molar-refractivity contribution in [3.05, 3.63) is 47.8 Å². The van der Waals surface area contributed by atoms with Gasteiger partial charge < -0.3 is 29.4 Å². The van der Waals surface area contributed by atoms with E-state index in [0.29, 0.717) is 72.5 Å². The number of amides is 1. The van der Waals surface area contributed by atoms with E-state index in [0.717, 1.165) is 5.69 Å².